The number of nitro benzene ring substituents is 2. The van der Waals surface area contributed by atoms with Gasteiger partial charge in [0.2, 0.25) is 10.0 Å². The molecule has 0 aromatic heterocycles. The molecule has 1 fully saturated rings. The quantitative estimate of drug-likeness (QED) is 0.509. The molecule has 1 saturated heterocycles. The number of nitro groups is 2. The predicted octanol–water partition coefficient (Wildman–Crippen LogP) is 2.95. The fourth-order valence-corrected chi connectivity index (χ4v) is 6.07. The Hall–Kier alpha value is -2.70. The highest BCUT2D eigenvalue weighted by Crippen LogP contribution is 2.43. The molecule has 0 bridgehead atoms. The molecule has 0 N–H and O–H groups in total. The van der Waals surface area contributed by atoms with E-state index in [-0.39, 0.29) is 28.6 Å². The summed E-state index contributed by atoms with van der Waals surface area (Å²) in [5.41, 5.74) is -0.00209. The smallest absolute Gasteiger partial charge is 0.311 e. The average molecular weight is 425 g/mol. The van der Waals surface area contributed by atoms with E-state index < -0.39 is 25.2 Å². The lowest BCUT2D eigenvalue weighted by atomic mass is 10.2. The van der Waals surface area contributed by atoms with Gasteiger partial charge in [-0.05, 0) is 23.8 Å². The standard InChI is InChI=1S/C16H15N3O7S2/c1-26-15-7-2-11(10-14(15)19(22)23)16-17(8-9-27-16)28(24,25)13-5-3-12(4-6-13)18(20)21/h2-7,10,16H,8-9H2,1H3/t16-/m0/s1. The van der Waals surface area contributed by atoms with E-state index in [1.165, 1.54) is 47.4 Å². The first kappa shape index (κ1) is 20.0. The van der Waals surface area contributed by atoms with Gasteiger partial charge in [0.05, 0.1) is 27.2 Å². The van der Waals surface area contributed by atoms with Gasteiger partial charge in [-0.2, -0.15) is 4.31 Å². The molecule has 0 amide bonds. The second kappa shape index (κ2) is 7.73. The van der Waals surface area contributed by atoms with Gasteiger partial charge in [0.25, 0.3) is 5.69 Å². The summed E-state index contributed by atoms with van der Waals surface area (Å²) in [4.78, 5) is 20.8. The Morgan fingerprint density at radius 2 is 1.79 bits per heavy atom. The molecule has 1 atom stereocenters. The van der Waals surface area contributed by atoms with Crippen molar-refractivity contribution < 1.29 is 23.0 Å². The first-order chi connectivity index (χ1) is 13.3. The molecule has 1 aliphatic heterocycles. The van der Waals surface area contributed by atoms with Gasteiger partial charge < -0.3 is 4.74 Å². The number of hydrogen-bond acceptors (Lipinski definition) is 8. The lowest BCUT2D eigenvalue weighted by Crippen LogP contribution is -2.30. The Balaban J connectivity index is 1.97. The van der Waals surface area contributed by atoms with Gasteiger partial charge in [0.15, 0.2) is 5.75 Å². The van der Waals surface area contributed by atoms with Crippen molar-refractivity contribution in [3.8, 4) is 5.75 Å². The SMILES string of the molecule is COc1ccc([C@@H]2SCCN2S(=O)(=O)c2ccc([N+](=O)[O-])cc2)cc1[N+](=O)[O-]. The van der Waals surface area contributed by atoms with Crippen LogP contribution in [0.1, 0.15) is 10.9 Å². The zero-order valence-corrected chi connectivity index (χ0v) is 16.2. The van der Waals surface area contributed by atoms with Crippen LogP contribution in [0.5, 0.6) is 5.75 Å². The lowest BCUT2D eigenvalue weighted by molar-refractivity contribution is -0.385. The van der Waals surface area contributed by atoms with E-state index in [0.29, 0.717) is 11.3 Å². The first-order valence-corrected chi connectivity index (χ1v) is 10.4. The van der Waals surface area contributed by atoms with Crippen molar-refractivity contribution in [2.24, 2.45) is 0 Å². The first-order valence-electron chi connectivity index (χ1n) is 7.96. The highest BCUT2D eigenvalue weighted by molar-refractivity contribution is 8.01. The molecule has 0 saturated carbocycles. The Morgan fingerprint density at radius 1 is 1.11 bits per heavy atom. The maximum Gasteiger partial charge on any atom is 0.311 e. The summed E-state index contributed by atoms with van der Waals surface area (Å²) in [5.74, 6) is 0.595. The molecule has 0 radical (unpaired) electrons. The van der Waals surface area contributed by atoms with Gasteiger partial charge in [0.1, 0.15) is 0 Å². The number of nitrogens with zero attached hydrogens (tertiary/aromatic N) is 3. The van der Waals surface area contributed by atoms with E-state index in [1.807, 2.05) is 0 Å². The summed E-state index contributed by atoms with van der Waals surface area (Å²) in [6.45, 7) is 0.217. The minimum Gasteiger partial charge on any atom is -0.490 e. The van der Waals surface area contributed by atoms with Crippen LogP contribution in [0, 0.1) is 20.2 Å². The van der Waals surface area contributed by atoms with Gasteiger partial charge in [-0.25, -0.2) is 8.42 Å². The fraction of sp³-hybridized carbons (Fsp3) is 0.250. The average Bonchev–Trinajstić information content (AvgIpc) is 3.18. The van der Waals surface area contributed by atoms with E-state index in [0.717, 1.165) is 12.1 Å². The van der Waals surface area contributed by atoms with E-state index in [4.69, 9.17) is 4.74 Å². The normalized spacial score (nSPS) is 17.4. The zero-order chi connectivity index (χ0) is 20.5. The monoisotopic (exact) mass is 425 g/mol. The number of benzene rings is 2. The summed E-state index contributed by atoms with van der Waals surface area (Å²) < 4.78 is 32.3. The van der Waals surface area contributed by atoms with Crippen LogP contribution in [0.3, 0.4) is 0 Å². The van der Waals surface area contributed by atoms with Crippen molar-refractivity contribution in [2.45, 2.75) is 10.3 Å². The van der Waals surface area contributed by atoms with Crippen molar-refractivity contribution in [3.05, 3.63) is 68.3 Å². The van der Waals surface area contributed by atoms with Gasteiger partial charge in [-0.1, -0.05) is 6.07 Å². The summed E-state index contributed by atoms with van der Waals surface area (Å²) in [6.07, 6.45) is 0. The van der Waals surface area contributed by atoms with Crippen LogP contribution in [-0.2, 0) is 10.0 Å². The molecular weight excluding hydrogens is 410 g/mol. The van der Waals surface area contributed by atoms with Crippen molar-refractivity contribution in [1.82, 2.24) is 4.31 Å². The Labute approximate surface area is 164 Å². The molecule has 3 rings (SSSR count). The molecule has 12 heteroatoms. The largest absolute Gasteiger partial charge is 0.490 e. The topological polar surface area (TPSA) is 133 Å². The molecule has 0 unspecified atom stereocenters. The lowest BCUT2D eigenvalue weighted by Gasteiger charge is -2.23. The van der Waals surface area contributed by atoms with Crippen molar-refractivity contribution in [2.75, 3.05) is 19.4 Å². The summed E-state index contributed by atoms with van der Waals surface area (Å²) in [6, 6.07) is 8.96. The van der Waals surface area contributed by atoms with Crippen LogP contribution in [0.2, 0.25) is 0 Å². The molecule has 1 aliphatic rings. The number of non-ortho nitro benzene ring substituents is 1. The molecule has 0 spiro atoms. The molecule has 0 aliphatic carbocycles. The van der Waals surface area contributed by atoms with Gasteiger partial charge >= 0.3 is 5.69 Å². The Kier molecular flexibility index (Phi) is 5.54. The van der Waals surface area contributed by atoms with Crippen molar-refractivity contribution in [1.29, 1.82) is 0 Å². The second-order valence-corrected chi connectivity index (χ2v) is 8.86. The Bertz CT molecular complexity index is 1030. The molecule has 2 aromatic carbocycles. The summed E-state index contributed by atoms with van der Waals surface area (Å²) >= 11 is 1.34. The van der Waals surface area contributed by atoms with E-state index in [9.17, 15) is 28.6 Å². The van der Waals surface area contributed by atoms with Crippen LogP contribution in [0.15, 0.2) is 47.4 Å². The third kappa shape index (κ3) is 3.66. The van der Waals surface area contributed by atoms with Crippen LogP contribution in [-0.4, -0.2) is 42.0 Å². The molecule has 10 nitrogen and oxygen atoms in total. The van der Waals surface area contributed by atoms with Crippen LogP contribution in [0.4, 0.5) is 11.4 Å². The fourth-order valence-electron chi connectivity index (χ4n) is 2.84. The third-order valence-corrected chi connectivity index (χ3v) is 7.46. The van der Waals surface area contributed by atoms with Crippen LogP contribution >= 0.6 is 11.8 Å². The number of rotatable bonds is 6. The van der Waals surface area contributed by atoms with Crippen LogP contribution < -0.4 is 4.74 Å². The summed E-state index contributed by atoms with van der Waals surface area (Å²) in [7, 11) is -2.62. The number of ether oxygens (including phenoxy) is 1. The summed E-state index contributed by atoms with van der Waals surface area (Å²) in [5, 5.41) is 21.4. The highest BCUT2D eigenvalue weighted by atomic mass is 32.2. The minimum absolute atomic E-state index is 0.0754. The van der Waals surface area contributed by atoms with E-state index in [1.54, 1.807) is 6.07 Å². The second-order valence-electron chi connectivity index (χ2n) is 5.78. The molecule has 2 aromatic rings. The van der Waals surface area contributed by atoms with E-state index >= 15 is 0 Å². The molecule has 28 heavy (non-hydrogen) atoms. The number of sulfonamides is 1. The minimum atomic E-state index is -3.94. The number of hydrogen-bond donors (Lipinski definition) is 0. The van der Waals surface area contributed by atoms with Gasteiger partial charge in [-0.15, -0.1) is 11.8 Å². The van der Waals surface area contributed by atoms with Gasteiger partial charge in [-0.3, -0.25) is 20.2 Å². The molecule has 148 valence electrons. The van der Waals surface area contributed by atoms with E-state index in [2.05, 4.69) is 0 Å². The maximum atomic E-state index is 13.0. The third-order valence-electron chi connectivity index (χ3n) is 4.19. The zero-order valence-electron chi connectivity index (χ0n) is 14.5. The number of thioether (sulfide) groups is 1. The van der Waals surface area contributed by atoms with Crippen LogP contribution in [0.25, 0.3) is 0 Å². The Morgan fingerprint density at radius 3 is 2.36 bits per heavy atom. The van der Waals surface area contributed by atoms with Gasteiger partial charge in [0, 0.05) is 30.5 Å². The maximum absolute atomic E-state index is 13.0. The predicted molar refractivity (Wildman–Crippen MR) is 102 cm³/mol. The number of methoxy groups -OCH3 is 1. The van der Waals surface area contributed by atoms with Crippen molar-refractivity contribution >= 4 is 33.2 Å². The molecular formula is C16H15N3O7S2. The van der Waals surface area contributed by atoms with Crippen molar-refractivity contribution in [3.63, 3.8) is 0 Å². The molecule has 1 heterocycles. The highest BCUT2D eigenvalue weighted by Gasteiger charge is 2.38.